The Bertz CT molecular complexity index is 1480. The van der Waals surface area contributed by atoms with E-state index in [1.54, 1.807) is 34.5 Å². The Hall–Kier alpha value is -4.32. The summed E-state index contributed by atoms with van der Waals surface area (Å²) in [5, 5.41) is 20.7. The molecule has 12 heteroatoms. The number of pyridine rings is 1. The minimum Gasteiger partial charge on any atom is -0.383 e. The van der Waals surface area contributed by atoms with Gasteiger partial charge in [-0.15, -0.1) is 10.2 Å². The molecule has 5 aromatic rings. The predicted molar refractivity (Wildman–Crippen MR) is 129 cm³/mol. The summed E-state index contributed by atoms with van der Waals surface area (Å²) >= 11 is 0. The van der Waals surface area contributed by atoms with E-state index in [2.05, 4.69) is 30.7 Å². The van der Waals surface area contributed by atoms with E-state index in [0.717, 1.165) is 39.8 Å². The number of carbonyl (C=O) groups is 1. The Morgan fingerprint density at radius 2 is 1.94 bits per heavy atom. The summed E-state index contributed by atoms with van der Waals surface area (Å²) in [5.41, 5.74) is 4.21. The number of likely N-dealkylation sites (N-methyl/N-ethyl adjacent to an activating group) is 1. The van der Waals surface area contributed by atoms with Crippen molar-refractivity contribution in [2.45, 2.75) is 13.0 Å². The predicted octanol–water partition coefficient (Wildman–Crippen LogP) is 1.37. The molecule has 180 valence electrons. The molecule has 0 saturated heterocycles. The second-order valence-electron chi connectivity index (χ2n) is 8.18. The van der Waals surface area contributed by atoms with Gasteiger partial charge in [-0.3, -0.25) is 13.9 Å². The molecule has 0 bridgehead atoms. The fourth-order valence-electron chi connectivity index (χ4n) is 3.74. The smallest absolute Gasteiger partial charge is 0.244 e. The van der Waals surface area contributed by atoms with Gasteiger partial charge in [-0.2, -0.15) is 10.2 Å². The molecule has 12 nitrogen and oxygen atoms in total. The molecule has 0 unspecified atom stereocenters. The van der Waals surface area contributed by atoms with Crippen molar-refractivity contribution in [1.82, 2.24) is 43.9 Å². The average molecular weight is 475 g/mol. The van der Waals surface area contributed by atoms with Crippen molar-refractivity contribution in [3.63, 3.8) is 0 Å². The van der Waals surface area contributed by atoms with Crippen LogP contribution in [0.15, 0.2) is 49.1 Å². The van der Waals surface area contributed by atoms with Gasteiger partial charge in [0, 0.05) is 51.3 Å². The number of aromatic nitrogens is 8. The lowest BCUT2D eigenvalue weighted by molar-refractivity contribution is -0.131. The first-order valence-corrected chi connectivity index (χ1v) is 11.2. The van der Waals surface area contributed by atoms with E-state index in [-0.39, 0.29) is 12.5 Å². The van der Waals surface area contributed by atoms with Gasteiger partial charge >= 0.3 is 0 Å². The fraction of sp³-hybridized carbons (Fsp3) is 0.304. The van der Waals surface area contributed by atoms with Gasteiger partial charge in [0.15, 0.2) is 11.3 Å². The number of hydrogen-bond donors (Lipinski definition) is 1. The highest BCUT2D eigenvalue weighted by Crippen LogP contribution is 2.20. The van der Waals surface area contributed by atoms with E-state index in [1.165, 1.54) is 0 Å². The van der Waals surface area contributed by atoms with Crippen molar-refractivity contribution < 1.29 is 9.53 Å². The molecule has 5 aromatic heterocycles. The maximum atomic E-state index is 12.4. The van der Waals surface area contributed by atoms with Crippen molar-refractivity contribution in [1.29, 1.82) is 0 Å². The van der Waals surface area contributed by atoms with Crippen LogP contribution in [0.3, 0.4) is 0 Å². The summed E-state index contributed by atoms with van der Waals surface area (Å²) in [6, 6.07) is 7.76. The van der Waals surface area contributed by atoms with Crippen molar-refractivity contribution >= 4 is 23.0 Å². The summed E-state index contributed by atoms with van der Waals surface area (Å²) in [4.78, 5) is 18.5. The molecule has 5 rings (SSSR count). The van der Waals surface area contributed by atoms with Crippen LogP contribution in [0.4, 0.5) is 5.82 Å². The number of nitrogens with one attached hydrogen (secondary N) is 1. The number of rotatable bonds is 9. The summed E-state index contributed by atoms with van der Waals surface area (Å²) in [5.74, 6) is 1.50. The maximum Gasteiger partial charge on any atom is 0.244 e. The number of ether oxygens (including phenoxy) is 1. The van der Waals surface area contributed by atoms with Gasteiger partial charge in [0.25, 0.3) is 0 Å². The van der Waals surface area contributed by atoms with Crippen LogP contribution in [0.1, 0.15) is 11.5 Å². The summed E-state index contributed by atoms with van der Waals surface area (Å²) in [7, 11) is 5.20. The van der Waals surface area contributed by atoms with Gasteiger partial charge in [0.2, 0.25) is 5.91 Å². The van der Waals surface area contributed by atoms with Crippen LogP contribution in [0.5, 0.6) is 0 Å². The Morgan fingerprint density at radius 3 is 2.77 bits per heavy atom. The van der Waals surface area contributed by atoms with Gasteiger partial charge in [-0.25, -0.2) is 9.50 Å². The first-order valence-electron chi connectivity index (χ1n) is 11.2. The van der Waals surface area contributed by atoms with Crippen molar-refractivity contribution in [2.75, 3.05) is 39.7 Å². The van der Waals surface area contributed by atoms with E-state index in [1.807, 2.05) is 54.3 Å². The number of fused-ring (bicyclic) bond motifs is 2. The zero-order valence-corrected chi connectivity index (χ0v) is 19.8. The maximum absolute atomic E-state index is 12.4. The second-order valence-corrected chi connectivity index (χ2v) is 8.18. The Kier molecular flexibility index (Phi) is 6.10. The van der Waals surface area contributed by atoms with E-state index in [4.69, 9.17) is 4.74 Å². The second kappa shape index (κ2) is 9.50. The number of hydrogen-bond acceptors (Lipinski definition) is 8. The Balaban J connectivity index is 1.35. The van der Waals surface area contributed by atoms with Crippen LogP contribution in [0.2, 0.25) is 0 Å². The van der Waals surface area contributed by atoms with Crippen LogP contribution in [0, 0.1) is 0 Å². The van der Waals surface area contributed by atoms with Gasteiger partial charge in [0.05, 0.1) is 31.1 Å². The molecule has 0 atom stereocenters. The largest absolute Gasteiger partial charge is 0.383 e. The van der Waals surface area contributed by atoms with E-state index < -0.39 is 0 Å². The van der Waals surface area contributed by atoms with Gasteiger partial charge in [0.1, 0.15) is 18.2 Å². The molecule has 1 amide bonds. The number of amides is 1. The number of nitrogens with zero attached hydrogens (tertiary/aromatic N) is 9. The minimum absolute atomic E-state index is 0.0301. The molecule has 5 heterocycles. The Morgan fingerprint density at radius 1 is 1.09 bits per heavy atom. The van der Waals surface area contributed by atoms with Crippen molar-refractivity contribution in [2.24, 2.45) is 0 Å². The molecule has 0 aliphatic carbocycles. The molecular weight excluding hydrogens is 448 g/mol. The van der Waals surface area contributed by atoms with Crippen LogP contribution >= 0.6 is 0 Å². The summed E-state index contributed by atoms with van der Waals surface area (Å²) in [6.45, 7) is 1.20. The van der Waals surface area contributed by atoms with Crippen LogP contribution in [-0.4, -0.2) is 84.1 Å². The Labute approximate surface area is 201 Å². The molecular formula is C23H26N10O2. The molecule has 35 heavy (non-hydrogen) atoms. The van der Waals surface area contributed by atoms with E-state index in [0.29, 0.717) is 19.6 Å². The highest BCUT2D eigenvalue weighted by atomic mass is 16.5. The third-order valence-electron chi connectivity index (χ3n) is 5.76. The highest BCUT2D eigenvalue weighted by Gasteiger charge is 2.13. The molecule has 0 fully saturated rings. The first-order chi connectivity index (χ1) is 17.0. The molecule has 0 saturated carbocycles. The van der Waals surface area contributed by atoms with Crippen LogP contribution in [0.25, 0.3) is 22.4 Å². The molecule has 0 radical (unpaired) electrons. The number of methoxy groups -OCH3 is 1. The highest BCUT2D eigenvalue weighted by molar-refractivity contribution is 5.75. The van der Waals surface area contributed by atoms with Crippen molar-refractivity contribution in [3.05, 3.63) is 60.6 Å². The fourth-order valence-corrected chi connectivity index (χ4v) is 3.74. The monoisotopic (exact) mass is 474 g/mol. The summed E-state index contributed by atoms with van der Waals surface area (Å²) in [6.07, 6.45) is 7.95. The van der Waals surface area contributed by atoms with Gasteiger partial charge < -0.3 is 15.0 Å². The standard InChI is InChI=1S/C23H26N10O2/c1-24-19-14-33-20(26-19)7-5-18(29-33)10-22-28-27-21-6-4-16(13-32(21)22)17-11-25-31(12-17)15-23(34)30(2)8-9-35-3/h4-7,11-14,24H,8-10,15H2,1-3H3. The number of carbonyl (C=O) groups excluding carboxylic acids is 1. The third kappa shape index (κ3) is 4.68. The summed E-state index contributed by atoms with van der Waals surface area (Å²) < 4.78 is 10.4. The zero-order valence-electron chi connectivity index (χ0n) is 19.8. The lowest BCUT2D eigenvalue weighted by Gasteiger charge is -2.16. The van der Waals surface area contributed by atoms with Crippen molar-refractivity contribution in [3.8, 4) is 11.1 Å². The van der Waals surface area contributed by atoms with Crippen LogP contribution in [-0.2, 0) is 22.5 Å². The van der Waals surface area contributed by atoms with Crippen LogP contribution < -0.4 is 5.32 Å². The minimum atomic E-state index is -0.0301. The molecule has 0 spiro atoms. The van der Waals surface area contributed by atoms with Gasteiger partial charge in [-0.05, 0) is 24.3 Å². The molecule has 0 aliphatic rings. The average Bonchev–Trinajstić information content (AvgIpc) is 3.60. The lowest BCUT2D eigenvalue weighted by atomic mass is 10.1. The van der Waals surface area contributed by atoms with E-state index in [9.17, 15) is 4.79 Å². The quantitative estimate of drug-likeness (QED) is 0.340. The first kappa shape index (κ1) is 22.5. The molecule has 0 aromatic carbocycles. The normalized spacial score (nSPS) is 11.4. The van der Waals surface area contributed by atoms with E-state index >= 15 is 0 Å². The SMILES string of the molecule is CNc1cn2nc(Cc3nnc4ccc(-c5cnn(CC(=O)N(C)CCOC)c5)cn34)ccc2n1. The topological polar surface area (TPSA) is 120 Å². The molecule has 0 aliphatic heterocycles. The van der Waals surface area contributed by atoms with Gasteiger partial charge in [-0.1, -0.05) is 0 Å². The lowest BCUT2D eigenvalue weighted by Crippen LogP contribution is -2.32. The third-order valence-corrected chi connectivity index (χ3v) is 5.76. The number of anilines is 1. The number of imidazole rings is 1. The zero-order chi connectivity index (χ0) is 24.4. The molecule has 1 N–H and O–H groups in total.